The van der Waals surface area contributed by atoms with Crippen molar-refractivity contribution < 1.29 is 9.53 Å². The molecule has 2 atom stereocenters. The number of ether oxygens (including phenoxy) is 1. The minimum absolute atomic E-state index is 0.0742. The first-order chi connectivity index (χ1) is 18.2. The number of piperidine rings is 1. The lowest BCUT2D eigenvalue weighted by Gasteiger charge is -2.39. The Kier molecular flexibility index (Phi) is 7.54. The lowest BCUT2D eigenvalue weighted by atomic mass is 9.87. The van der Waals surface area contributed by atoms with Crippen molar-refractivity contribution >= 4 is 17.7 Å². The molecule has 4 nitrogen and oxygen atoms in total. The normalized spacial score (nSPS) is 20.7. The lowest BCUT2D eigenvalue weighted by molar-refractivity contribution is 0.0359. The summed E-state index contributed by atoms with van der Waals surface area (Å²) >= 11 is 1.86. The first-order valence-corrected chi connectivity index (χ1v) is 14.5. The third-order valence-corrected chi connectivity index (χ3v) is 9.07. The van der Waals surface area contributed by atoms with Gasteiger partial charge in [0.25, 0.3) is 5.91 Å². The minimum Gasteiger partial charge on any atom is -0.490 e. The van der Waals surface area contributed by atoms with Crippen LogP contribution in [-0.2, 0) is 11.2 Å². The quantitative estimate of drug-likeness (QED) is 0.311. The van der Waals surface area contributed by atoms with E-state index < -0.39 is 0 Å². The number of amides is 1. The van der Waals surface area contributed by atoms with Crippen LogP contribution in [0, 0.1) is 18.3 Å². The molecule has 2 saturated heterocycles. The van der Waals surface area contributed by atoms with Gasteiger partial charge in [0.05, 0.1) is 11.6 Å². The van der Waals surface area contributed by atoms with Crippen LogP contribution in [0.5, 0.6) is 5.75 Å². The fraction of sp³-hybridized carbons (Fsp3) is 0.394. The fourth-order valence-electron chi connectivity index (χ4n) is 5.66. The Balaban J connectivity index is 1.20. The van der Waals surface area contributed by atoms with Gasteiger partial charge in [0.1, 0.15) is 11.9 Å². The number of carbonyl (C=O) groups is 1. The van der Waals surface area contributed by atoms with Crippen LogP contribution in [0.2, 0.25) is 0 Å². The largest absolute Gasteiger partial charge is 0.490 e. The minimum atomic E-state index is 0.0742. The zero-order valence-electron chi connectivity index (χ0n) is 22.7. The molecular formula is C33H36N2O2S. The molecule has 1 amide bonds. The summed E-state index contributed by atoms with van der Waals surface area (Å²) in [7, 11) is 0. The number of nitrogens with zero attached hydrogens (tertiary/aromatic N) is 2. The van der Waals surface area contributed by atoms with Gasteiger partial charge in [0.2, 0.25) is 0 Å². The van der Waals surface area contributed by atoms with Gasteiger partial charge in [-0.3, -0.25) is 4.79 Å². The summed E-state index contributed by atoms with van der Waals surface area (Å²) in [6.07, 6.45) is 3.79. The van der Waals surface area contributed by atoms with Gasteiger partial charge in [-0.1, -0.05) is 51.1 Å². The Hall–Kier alpha value is -3.23. The van der Waals surface area contributed by atoms with Gasteiger partial charge < -0.3 is 9.64 Å². The Bertz CT molecular complexity index is 1340. The summed E-state index contributed by atoms with van der Waals surface area (Å²) in [5, 5.41) is 9.16. The average Bonchev–Trinajstić information content (AvgIpc) is 3.17. The van der Waals surface area contributed by atoms with E-state index in [2.05, 4.69) is 69.0 Å². The molecule has 2 fully saturated rings. The molecular weight excluding hydrogens is 488 g/mol. The summed E-state index contributed by atoms with van der Waals surface area (Å²) in [4.78, 5) is 16.9. The molecule has 0 spiro atoms. The van der Waals surface area contributed by atoms with Crippen molar-refractivity contribution in [2.24, 2.45) is 0 Å². The van der Waals surface area contributed by atoms with Gasteiger partial charge in [-0.15, -0.1) is 11.8 Å². The van der Waals surface area contributed by atoms with Gasteiger partial charge in [-0.25, -0.2) is 0 Å². The highest BCUT2D eigenvalue weighted by Crippen LogP contribution is 2.38. The van der Waals surface area contributed by atoms with E-state index in [1.807, 2.05) is 36.0 Å². The van der Waals surface area contributed by atoms with Crippen LogP contribution < -0.4 is 4.74 Å². The third-order valence-electron chi connectivity index (χ3n) is 7.84. The molecule has 0 saturated carbocycles. The number of carbonyl (C=O) groups excluding carboxylic acids is 1. The van der Waals surface area contributed by atoms with E-state index in [1.54, 1.807) is 12.1 Å². The van der Waals surface area contributed by atoms with Gasteiger partial charge in [-0.05, 0) is 78.3 Å². The van der Waals surface area contributed by atoms with Crippen molar-refractivity contribution in [3.63, 3.8) is 0 Å². The number of hydrogen-bond acceptors (Lipinski definition) is 4. The summed E-state index contributed by atoms with van der Waals surface area (Å²) in [5.41, 5.74) is 5.38. The van der Waals surface area contributed by atoms with Crippen LogP contribution in [0.4, 0.5) is 0 Å². The Labute approximate surface area is 231 Å². The van der Waals surface area contributed by atoms with Crippen LogP contribution in [-0.4, -0.2) is 29.0 Å². The topological polar surface area (TPSA) is 53.3 Å². The second-order valence-corrected chi connectivity index (χ2v) is 12.7. The summed E-state index contributed by atoms with van der Waals surface area (Å²) in [6.45, 7) is 8.91. The molecule has 0 N–H and O–H groups in total. The van der Waals surface area contributed by atoms with Crippen LogP contribution in [0.25, 0.3) is 0 Å². The number of hydrogen-bond donors (Lipinski definition) is 0. The van der Waals surface area contributed by atoms with Gasteiger partial charge >= 0.3 is 0 Å². The molecule has 2 unspecified atom stereocenters. The summed E-state index contributed by atoms with van der Waals surface area (Å²) in [6, 6.07) is 24.9. The number of thioether (sulfide) groups is 1. The molecule has 196 valence electrons. The standard InChI is InChI=1S/C33H36N2O2S/c1-22-8-13-26(33(2,3)4)17-31(22)38-21-23-9-11-25(12-10-23)32(36)35-27-14-15-28(35)19-30(18-27)37-29-7-5-6-24(16-29)20-34/h5-13,16-17,27-28,30H,14-15,18-19,21H2,1-4H3. The number of benzene rings is 3. The smallest absolute Gasteiger partial charge is 0.254 e. The molecule has 2 aliphatic heterocycles. The van der Waals surface area contributed by atoms with E-state index >= 15 is 0 Å². The molecule has 2 bridgehead atoms. The highest BCUT2D eigenvalue weighted by Gasteiger charge is 2.44. The predicted octanol–water partition coefficient (Wildman–Crippen LogP) is 7.67. The van der Waals surface area contributed by atoms with Crippen molar-refractivity contribution in [2.45, 2.75) is 87.6 Å². The maximum Gasteiger partial charge on any atom is 0.254 e. The summed E-state index contributed by atoms with van der Waals surface area (Å²) < 4.78 is 6.23. The maximum absolute atomic E-state index is 13.5. The van der Waals surface area contributed by atoms with Gasteiger partial charge in [0.15, 0.2) is 0 Å². The molecule has 0 aliphatic carbocycles. The molecule has 5 heteroatoms. The highest BCUT2D eigenvalue weighted by atomic mass is 32.2. The number of nitriles is 1. The molecule has 5 rings (SSSR count). The number of aryl methyl sites for hydroxylation is 1. The SMILES string of the molecule is Cc1ccc(C(C)(C)C)cc1SCc1ccc(C(=O)N2C3CCC2CC(Oc2cccc(C#N)c2)C3)cc1. The van der Waals surface area contributed by atoms with Crippen molar-refractivity contribution in [1.29, 1.82) is 5.26 Å². The first kappa shape index (κ1) is 26.4. The molecule has 2 aliphatic rings. The maximum atomic E-state index is 13.5. The highest BCUT2D eigenvalue weighted by molar-refractivity contribution is 7.98. The van der Waals surface area contributed by atoms with E-state index in [-0.39, 0.29) is 29.5 Å². The first-order valence-electron chi connectivity index (χ1n) is 13.5. The second kappa shape index (κ2) is 10.9. The van der Waals surface area contributed by atoms with Crippen LogP contribution in [0.15, 0.2) is 71.6 Å². The third kappa shape index (κ3) is 5.76. The van der Waals surface area contributed by atoms with Crippen LogP contribution >= 0.6 is 11.8 Å². The Morgan fingerprint density at radius 3 is 2.39 bits per heavy atom. The van der Waals surface area contributed by atoms with E-state index in [0.29, 0.717) is 5.56 Å². The monoisotopic (exact) mass is 524 g/mol. The van der Waals surface area contributed by atoms with Crippen molar-refractivity contribution in [2.75, 3.05) is 0 Å². The Morgan fingerprint density at radius 1 is 1.03 bits per heavy atom. The van der Waals surface area contributed by atoms with E-state index in [4.69, 9.17) is 10.00 Å². The van der Waals surface area contributed by atoms with Gasteiger partial charge in [0, 0.05) is 41.1 Å². The number of fused-ring (bicyclic) bond motifs is 2. The van der Waals surface area contributed by atoms with Crippen LogP contribution in [0.1, 0.15) is 79.1 Å². The van der Waals surface area contributed by atoms with Crippen molar-refractivity contribution in [3.05, 3.63) is 94.5 Å². The van der Waals surface area contributed by atoms with E-state index in [1.165, 1.54) is 21.6 Å². The van der Waals surface area contributed by atoms with Gasteiger partial charge in [-0.2, -0.15) is 5.26 Å². The van der Waals surface area contributed by atoms with E-state index in [9.17, 15) is 4.79 Å². The molecule has 3 aromatic rings. The number of rotatable bonds is 6. The molecule has 0 radical (unpaired) electrons. The average molecular weight is 525 g/mol. The molecule has 2 heterocycles. The molecule has 3 aromatic carbocycles. The molecule has 0 aromatic heterocycles. The predicted molar refractivity (Wildman–Crippen MR) is 154 cm³/mol. The van der Waals surface area contributed by atoms with Crippen molar-refractivity contribution in [3.8, 4) is 11.8 Å². The zero-order valence-corrected chi connectivity index (χ0v) is 23.6. The zero-order chi connectivity index (χ0) is 26.9. The molecule has 38 heavy (non-hydrogen) atoms. The Morgan fingerprint density at radius 2 is 1.74 bits per heavy atom. The van der Waals surface area contributed by atoms with Crippen molar-refractivity contribution in [1.82, 2.24) is 4.90 Å². The fourth-order valence-corrected chi connectivity index (χ4v) is 6.68. The summed E-state index contributed by atoms with van der Waals surface area (Å²) in [5.74, 6) is 1.75. The van der Waals surface area contributed by atoms with Crippen LogP contribution in [0.3, 0.4) is 0 Å². The van der Waals surface area contributed by atoms with E-state index in [0.717, 1.165) is 42.7 Å². The second-order valence-electron chi connectivity index (χ2n) is 11.7. The lowest BCUT2D eigenvalue weighted by Crippen LogP contribution is -2.49.